The van der Waals surface area contributed by atoms with Gasteiger partial charge in [-0.2, -0.15) is 0 Å². The molecule has 96 valence electrons. The van der Waals surface area contributed by atoms with Crippen molar-refractivity contribution in [1.29, 1.82) is 0 Å². The fourth-order valence-electron chi connectivity index (χ4n) is 2.25. The highest BCUT2D eigenvalue weighted by atomic mass is 16.4. The lowest BCUT2D eigenvalue weighted by Crippen LogP contribution is -2.36. The van der Waals surface area contributed by atoms with E-state index >= 15 is 0 Å². The predicted molar refractivity (Wildman–Crippen MR) is 66.4 cm³/mol. The van der Waals surface area contributed by atoms with E-state index < -0.39 is 12.0 Å². The third-order valence-electron chi connectivity index (χ3n) is 3.20. The molecule has 1 amide bonds. The first-order valence-electron chi connectivity index (χ1n) is 5.87. The first kappa shape index (κ1) is 12.6. The smallest absolute Gasteiger partial charge is 0.320 e. The number of rotatable bonds is 3. The van der Waals surface area contributed by atoms with Crippen molar-refractivity contribution in [2.24, 2.45) is 0 Å². The van der Waals surface area contributed by atoms with Gasteiger partial charge in [0.15, 0.2) is 0 Å². The lowest BCUT2D eigenvalue weighted by atomic mass is 10.1. The summed E-state index contributed by atoms with van der Waals surface area (Å²) in [4.78, 5) is 24.6. The highest BCUT2D eigenvalue weighted by Gasteiger charge is 2.35. The van der Waals surface area contributed by atoms with Gasteiger partial charge >= 0.3 is 5.97 Å². The normalized spacial score (nSPS) is 23.8. The van der Waals surface area contributed by atoms with Gasteiger partial charge in [0.25, 0.3) is 5.91 Å². The quantitative estimate of drug-likeness (QED) is 0.820. The summed E-state index contributed by atoms with van der Waals surface area (Å²) < 4.78 is 0. The Morgan fingerprint density at radius 2 is 2.00 bits per heavy atom. The van der Waals surface area contributed by atoms with Gasteiger partial charge in [0.05, 0.1) is 0 Å². The second-order valence-electron chi connectivity index (χ2n) is 4.57. The molecule has 0 saturated carbocycles. The average molecular weight is 248 g/mol. The Labute approximate surface area is 105 Å². The first-order valence-corrected chi connectivity index (χ1v) is 5.87. The number of carboxylic acids is 1. The van der Waals surface area contributed by atoms with Gasteiger partial charge in [-0.05, 0) is 25.6 Å². The van der Waals surface area contributed by atoms with E-state index in [1.807, 2.05) is 6.07 Å². The van der Waals surface area contributed by atoms with Crippen LogP contribution in [-0.4, -0.2) is 47.6 Å². The maximum Gasteiger partial charge on any atom is 0.320 e. The van der Waals surface area contributed by atoms with Crippen molar-refractivity contribution in [1.82, 2.24) is 10.2 Å². The van der Waals surface area contributed by atoms with E-state index in [2.05, 4.69) is 5.32 Å². The van der Waals surface area contributed by atoms with Crippen LogP contribution in [0.4, 0.5) is 0 Å². The molecule has 1 saturated heterocycles. The number of amides is 1. The number of nitrogens with one attached hydrogen (secondary N) is 1. The zero-order valence-electron chi connectivity index (χ0n) is 10.2. The van der Waals surface area contributed by atoms with E-state index in [-0.39, 0.29) is 11.9 Å². The topological polar surface area (TPSA) is 69.6 Å². The molecule has 2 rings (SSSR count). The van der Waals surface area contributed by atoms with Crippen LogP contribution in [0.3, 0.4) is 0 Å². The Morgan fingerprint density at radius 1 is 1.33 bits per heavy atom. The van der Waals surface area contributed by atoms with Crippen molar-refractivity contribution >= 4 is 11.9 Å². The number of carboxylic acid groups (broad SMARTS) is 1. The number of likely N-dealkylation sites (N-methyl/N-ethyl adjacent to an activating group) is 1. The van der Waals surface area contributed by atoms with Crippen LogP contribution < -0.4 is 5.32 Å². The van der Waals surface area contributed by atoms with Gasteiger partial charge in [0, 0.05) is 18.2 Å². The van der Waals surface area contributed by atoms with Crippen LogP contribution in [0.15, 0.2) is 30.3 Å². The minimum absolute atomic E-state index is 0.108. The summed E-state index contributed by atoms with van der Waals surface area (Å²) in [5.74, 6) is -0.992. The van der Waals surface area contributed by atoms with Gasteiger partial charge in [0.1, 0.15) is 6.04 Å². The number of hydrogen-bond acceptors (Lipinski definition) is 3. The third kappa shape index (κ3) is 2.68. The van der Waals surface area contributed by atoms with E-state index in [4.69, 9.17) is 5.11 Å². The predicted octanol–water partition coefficient (Wildman–Crippen LogP) is 0.574. The minimum Gasteiger partial charge on any atom is -0.480 e. The number of carbonyl (C=O) groups excluding carboxylic acids is 1. The molecule has 0 spiro atoms. The lowest BCUT2D eigenvalue weighted by molar-refractivity contribution is -0.141. The van der Waals surface area contributed by atoms with Crippen molar-refractivity contribution in [3.8, 4) is 0 Å². The van der Waals surface area contributed by atoms with Crippen molar-refractivity contribution in [3.05, 3.63) is 35.9 Å². The molecule has 0 aliphatic carbocycles. The highest BCUT2D eigenvalue weighted by Crippen LogP contribution is 2.16. The molecule has 2 atom stereocenters. The van der Waals surface area contributed by atoms with Crippen LogP contribution in [0.1, 0.15) is 16.8 Å². The van der Waals surface area contributed by atoms with Gasteiger partial charge in [-0.15, -0.1) is 0 Å². The van der Waals surface area contributed by atoms with Crippen LogP contribution >= 0.6 is 0 Å². The Morgan fingerprint density at radius 3 is 2.56 bits per heavy atom. The molecule has 1 fully saturated rings. The monoisotopic (exact) mass is 248 g/mol. The number of aliphatic carboxylic acids is 1. The van der Waals surface area contributed by atoms with Crippen LogP contribution in [0.5, 0.6) is 0 Å². The summed E-state index contributed by atoms with van der Waals surface area (Å²) in [5.41, 5.74) is 0.596. The molecule has 0 unspecified atom stereocenters. The first-order chi connectivity index (χ1) is 8.58. The van der Waals surface area contributed by atoms with E-state index in [9.17, 15) is 9.59 Å². The fourth-order valence-corrected chi connectivity index (χ4v) is 2.25. The lowest BCUT2D eigenvalue weighted by Gasteiger charge is -2.13. The summed E-state index contributed by atoms with van der Waals surface area (Å²) in [6.45, 7) is 0.565. The van der Waals surface area contributed by atoms with Gasteiger partial charge in [-0.1, -0.05) is 18.2 Å². The van der Waals surface area contributed by atoms with E-state index in [0.29, 0.717) is 18.5 Å². The Hall–Kier alpha value is -1.88. The molecule has 0 radical (unpaired) electrons. The molecular formula is C13H16N2O3. The number of nitrogens with zero attached hydrogens (tertiary/aromatic N) is 1. The van der Waals surface area contributed by atoms with E-state index in [1.54, 1.807) is 36.2 Å². The Kier molecular flexibility index (Phi) is 3.62. The fraction of sp³-hybridized carbons (Fsp3) is 0.385. The molecular weight excluding hydrogens is 232 g/mol. The van der Waals surface area contributed by atoms with Crippen LogP contribution in [0, 0.1) is 0 Å². The SMILES string of the molecule is CN1C[C@H](NC(=O)c2ccccc2)C[C@H]1C(=O)O. The second kappa shape index (κ2) is 5.18. The molecule has 0 aromatic heterocycles. The second-order valence-corrected chi connectivity index (χ2v) is 4.57. The third-order valence-corrected chi connectivity index (χ3v) is 3.20. The zero-order chi connectivity index (χ0) is 13.1. The standard InChI is InChI=1S/C13H16N2O3/c1-15-8-10(7-11(15)13(17)18)14-12(16)9-5-3-2-4-6-9/h2-6,10-11H,7-8H2,1H3,(H,14,16)(H,17,18)/t10-,11+/m1/s1. The molecule has 18 heavy (non-hydrogen) atoms. The molecule has 1 aromatic rings. The van der Waals surface area contributed by atoms with E-state index in [1.165, 1.54) is 0 Å². The summed E-state index contributed by atoms with van der Waals surface area (Å²) >= 11 is 0. The van der Waals surface area contributed by atoms with Crippen LogP contribution in [-0.2, 0) is 4.79 Å². The maximum atomic E-state index is 11.9. The minimum atomic E-state index is -0.839. The number of likely N-dealkylation sites (tertiary alicyclic amines) is 1. The summed E-state index contributed by atoms with van der Waals surface area (Å²) in [6, 6.07) is 8.31. The average Bonchev–Trinajstić information content (AvgIpc) is 2.71. The van der Waals surface area contributed by atoms with Gasteiger partial charge < -0.3 is 10.4 Å². The molecule has 1 heterocycles. The van der Waals surface area contributed by atoms with Crippen molar-refractivity contribution in [2.75, 3.05) is 13.6 Å². The molecule has 5 heteroatoms. The summed E-state index contributed by atoms with van der Waals surface area (Å²) in [6.07, 6.45) is 0.449. The Bertz CT molecular complexity index is 447. The molecule has 5 nitrogen and oxygen atoms in total. The van der Waals surface area contributed by atoms with Gasteiger partial charge in [-0.25, -0.2) is 0 Å². The van der Waals surface area contributed by atoms with Gasteiger partial charge in [0.2, 0.25) is 0 Å². The number of benzene rings is 1. The van der Waals surface area contributed by atoms with Crippen molar-refractivity contribution in [3.63, 3.8) is 0 Å². The molecule has 0 bridgehead atoms. The molecule has 1 aromatic carbocycles. The Balaban J connectivity index is 1.96. The molecule has 1 aliphatic rings. The van der Waals surface area contributed by atoms with Gasteiger partial charge in [-0.3, -0.25) is 14.5 Å². The number of carbonyl (C=O) groups is 2. The zero-order valence-corrected chi connectivity index (χ0v) is 10.2. The maximum absolute atomic E-state index is 11.9. The molecule has 1 aliphatic heterocycles. The van der Waals surface area contributed by atoms with Crippen LogP contribution in [0.25, 0.3) is 0 Å². The number of hydrogen-bond donors (Lipinski definition) is 2. The highest BCUT2D eigenvalue weighted by molar-refractivity contribution is 5.94. The van der Waals surface area contributed by atoms with Crippen molar-refractivity contribution in [2.45, 2.75) is 18.5 Å². The summed E-state index contributed by atoms with van der Waals surface area (Å²) in [7, 11) is 1.76. The summed E-state index contributed by atoms with van der Waals surface area (Å²) in [5, 5.41) is 11.9. The van der Waals surface area contributed by atoms with Crippen LogP contribution in [0.2, 0.25) is 0 Å². The molecule has 2 N–H and O–H groups in total. The van der Waals surface area contributed by atoms with Crippen molar-refractivity contribution < 1.29 is 14.7 Å². The largest absolute Gasteiger partial charge is 0.480 e. The van der Waals surface area contributed by atoms with E-state index in [0.717, 1.165) is 0 Å².